The van der Waals surface area contributed by atoms with Gasteiger partial charge in [0.25, 0.3) is 0 Å². The van der Waals surface area contributed by atoms with E-state index < -0.39 is 5.95 Å². The summed E-state index contributed by atoms with van der Waals surface area (Å²) in [6.45, 7) is 2.96. The van der Waals surface area contributed by atoms with Gasteiger partial charge in [-0.1, -0.05) is 6.92 Å². The molecule has 0 fully saturated rings. The molecular weight excluding hydrogens is 201 g/mol. The van der Waals surface area contributed by atoms with Gasteiger partial charge in [-0.2, -0.15) is 16.2 Å². The van der Waals surface area contributed by atoms with E-state index in [1.807, 2.05) is 11.8 Å². The van der Waals surface area contributed by atoms with Crippen molar-refractivity contribution in [3.05, 3.63) is 18.3 Å². The Hall–Kier alpha value is -0.840. The Bertz CT molecular complexity index is 283. The fourth-order valence-electron chi connectivity index (χ4n) is 0.952. The van der Waals surface area contributed by atoms with Gasteiger partial charge in [-0.05, 0) is 12.7 Å². The van der Waals surface area contributed by atoms with Gasteiger partial charge in [0.2, 0.25) is 5.95 Å². The lowest BCUT2D eigenvalue weighted by molar-refractivity contribution is 0.580. The Balaban J connectivity index is 2.31. The Morgan fingerprint density at radius 3 is 3.00 bits per heavy atom. The highest BCUT2D eigenvalue weighted by Crippen LogP contribution is 2.10. The summed E-state index contributed by atoms with van der Waals surface area (Å²) in [5.74, 6) is 0.0474. The van der Waals surface area contributed by atoms with Crippen molar-refractivity contribution in [2.75, 3.05) is 18.1 Å². The van der Waals surface area contributed by atoms with Crippen LogP contribution in [0.3, 0.4) is 0 Å². The van der Waals surface area contributed by atoms with Crippen molar-refractivity contribution < 1.29 is 4.39 Å². The normalized spacial score (nSPS) is 12.5. The number of thioether (sulfide) groups is 1. The molecule has 0 saturated heterocycles. The van der Waals surface area contributed by atoms with Crippen LogP contribution >= 0.6 is 11.8 Å². The molecule has 0 saturated carbocycles. The number of nitrogens with one attached hydrogen (secondary N) is 1. The Labute approximate surface area is 87.5 Å². The standard InChI is InChI=1S/C9H14FN3S/c1-7(14-2)3-4-11-9-5-8(10)12-6-13-9/h5-7H,3-4H2,1-2H3,(H,11,12,13). The molecule has 0 radical (unpaired) electrons. The topological polar surface area (TPSA) is 37.8 Å². The summed E-state index contributed by atoms with van der Waals surface area (Å²) in [4.78, 5) is 7.27. The fourth-order valence-corrected chi connectivity index (χ4v) is 1.31. The van der Waals surface area contributed by atoms with Gasteiger partial charge in [-0.25, -0.2) is 9.97 Å². The number of anilines is 1. The predicted octanol–water partition coefficient (Wildman–Crippen LogP) is 2.17. The monoisotopic (exact) mass is 215 g/mol. The third kappa shape index (κ3) is 3.91. The van der Waals surface area contributed by atoms with Crippen LogP contribution in [0, 0.1) is 5.95 Å². The lowest BCUT2D eigenvalue weighted by atomic mass is 10.3. The first-order valence-electron chi connectivity index (χ1n) is 4.46. The maximum atomic E-state index is 12.6. The van der Waals surface area contributed by atoms with Crippen LogP contribution in [-0.4, -0.2) is 28.0 Å². The molecule has 0 aliphatic carbocycles. The smallest absolute Gasteiger partial charge is 0.217 e. The van der Waals surface area contributed by atoms with Crippen LogP contribution in [0.25, 0.3) is 0 Å². The molecule has 1 atom stereocenters. The van der Waals surface area contributed by atoms with Crippen molar-refractivity contribution in [2.24, 2.45) is 0 Å². The van der Waals surface area contributed by atoms with Crippen LogP contribution in [0.5, 0.6) is 0 Å². The van der Waals surface area contributed by atoms with E-state index in [0.717, 1.165) is 13.0 Å². The molecule has 1 rings (SSSR count). The molecule has 3 nitrogen and oxygen atoms in total. The summed E-state index contributed by atoms with van der Waals surface area (Å²) in [7, 11) is 0. The molecule has 5 heteroatoms. The predicted molar refractivity (Wildman–Crippen MR) is 58.1 cm³/mol. The highest BCUT2D eigenvalue weighted by molar-refractivity contribution is 7.99. The van der Waals surface area contributed by atoms with Crippen molar-refractivity contribution in [3.63, 3.8) is 0 Å². The van der Waals surface area contributed by atoms with Crippen molar-refractivity contribution in [1.82, 2.24) is 9.97 Å². The lowest BCUT2D eigenvalue weighted by Crippen LogP contribution is -2.09. The molecule has 1 heterocycles. The van der Waals surface area contributed by atoms with Crippen molar-refractivity contribution in [1.29, 1.82) is 0 Å². The van der Waals surface area contributed by atoms with Crippen LogP contribution in [0.15, 0.2) is 12.4 Å². The van der Waals surface area contributed by atoms with E-state index in [2.05, 4.69) is 28.5 Å². The summed E-state index contributed by atoms with van der Waals surface area (Å²) in [6.07, 6.45) is 4.33. The average Bonchev–Trinajstić information content (AvgIpc) is 2.17. The van der Waals surface area contributed by atoms with Gasteiger partial charge in [0.05, 0.1) is 0 Å². The summed E-state index contributed by atoms with van der Waals surface area (Å²) in [6, 6.07) is 1.30. The second-order valence-electron chi connectivity index (χ2n) is 2.99. The molecule has 78 valence electrons. The van der Waals surface area contributed by atoms with Gasteiger partial charge in [0.15, 0.2) is 0 Å². The molecule has 1 aromatic rings. The van der Waals surface area contributed by atoms with E-state index in [-0.39, 0.29) is 0 Å². The van der Waals surface area contributed by atoms with Crippen LogP contribution < -0.4 is 5.32 Å². The summed E-state index contributed by atoms with van der Waals surface area (Å²) in [5, 5.41) is 3.65. The number of halogens is 1. The molecule has 1 unspecified atom stereocenters. The minimum Gasteiger partial charge on any atom is -0.370 e. The van der Waals surface area contributed by atoms with E-state index in [1.165, 1.54) is 12.4 Å². The van der Waals surface area contributed by atoms with E-state index in [4.69, 9.17) is 0 Å². The molecule has 1 N–H and O–H groups in total. The zero-order chi connectivity index (χ0) is 10.4. The third-order valence-electron chi connectivity index (χ3n) is 1.89. The first kappa shape index (κ1) is 11.2. The zero-order valence-corrected chi connectivity index (χ0v) is 9.14. The van der Waals surface area contributed by atoms with Gasteiger partial charge in [0, 0.05) is 17.9 Å². The molecule has 0 aromatic carbocycles. The third-order valence-corrected chi connectivity index (χ3v) is 2.93. The van der Waals surface area contributed by atoms with Gasteiger partial charge in [-0.15, -0.1) is 0 Å². The Morgan fingerprint density at radius 2 is 2.36 bits per heavy atom. The van der Waals surface area contributed by atoms with Crippen molar-refractivity contribution in [2.45, 2.75) is 18.6 Å². The SMILES string of the molecule is CSC(C)CCNc1cc(F)ncn1. The summed E-state index contributed by atoms with van der Waals surface area (Å²) in [5.41, 5.74) is 0. The minimum absolute atomic E-state index is 0.500. The number of hydrogen-bond acceptors (Lipinski definition) is 4. The minimum atomic E-state index is -0.500. The molecule has 0 amide bonds. The second kappa shape index (κ2) is 5.80. The molecule has 0 aliphatic rings. The van der Waals surface area contributed by atoms with Gasteiger partial charge >= 0.3 is 0 Å². The molecular formula is C9H14FN3S. The van der Waals surface area contributed by atoms with Crippen LogP contribution in [0.4, 0.5) is 10.2 Å². The van der Waals surface area contributed by atoms with Crippen LogP contribution in [-0.2, 0) is 0 Å². The maximum Gasteiger partial charge on any atom is 0.217 e. The summed E-state index contributed by atoms with van der Waals surface area (Å²) >= 11 is 1.82. The van der Waals surface area contributed by atoms with Crippen molar-refractivity contribution in [3.8, 4) is 0 Å². The molecule has 0 spiro atoms. The Kier molecular flexibility index (Phi) is 4.65. The highest BCUT2D eigenvalue weighted by atomic mass is 32.2. The van der Waals surface area contributed by atoms with Gasteiger partial charge in [0.1, 0.15) is 12.1 Å². The van der Waals surface area contributed by atoms with Crippen LogP contribution in [0.1, 0.15) is 13.3 Å². The lowest BCUT2D eigenvalue weighted by Gasteiger charge is -2.08. The maximum absolute atomic E-state index is 12.6. The number of aromatic nitrogens is 2. The first-order chi connectivity index (χ1) is 6.72. The molecule has 14 heavy (non-hydrogen) atoms. The highest BCUT2D eigenvalue weighted by Gasteiger charge is 2.00. The van der Waals surface area contributed by atoms with E-state index in [0.29, 0.717) is 11.1 Å². The quantitative estimate of drug-likeness (QED) is 0.764. The molecule has 0 bridgehead atoms. The summed E-state index contributed by atoms with van der Waals surface area (Å²) < 4.78 is 12.6. The fraction of sp³-hybridized carbons (Fsp3) is 0.556. The second-order valence-corrected chi connectivity index (χ2v) is 4.26. The van der Waals surface area contributed by atoms with E-state index >= 15 is 0 Å². The van der Waals surface area contributed by atoms with Gasteiger partial charge < -0.3 is 5.32 Å². The van der Waals surface area contributed by atoms with Crippen molar-refractivity contribution >= 4 is 17.6 Å². The number of hydrogen-bond donors (Lipinski definition) is 1. The average molecular weight is 215 g/mol. The van der Waals surface area contributed by atoms with E-state index in [9.17, 15) is 4.39 Å². The zero-order valence-electron chi connectivity index (χ0n) is 8.33. The largest absolute Gasteiger partial charge is 0.370 e. The number of rotatable bonds is 5. The number of nitrogens with zero attached hydrogens (tertiary/aromatic N) is 2. The Morgan fingerprint density at radius 1 is 1.57 bits per heavy atom. The van der Waals surface area contributed by atoms with E-state index in [1.54, 1.807) is 0 Å². The first-order valence-corrected chi connectivity index (χ1v) is 5.75. The van der Waals surface area contributed by atoms with Crippen LogP contribution in [0.2, 0.25) is 0 Å². The molecule has 0 aliphatic heterocycles. The van der Waals surface area contributed by atoms with Gasteiger partial charge in [-0.3, -0.25) is 0 Å². The molecule has 1 aromatic heterocycles.